The van der Waals surface area contributed by atoms with Crippen LogP contribution in [0.5, 0.6) is 0 Å². The largest absolute Gasteiger partial charge is 1.00 e. The van der Waals surface area contributed by atoms with E-state index in [-0.39, 0.29) is 33.7 Å². The van der Waals surface area contributed by atoms with Crippen LogP contribution in [-0.2, 0) is 37.6 Å². The van der Waals surface area contributed by atoms with Crippen molar-refractivity contribution in [2.45, 2.75) is 6.92 Å². The van der Waals surface area contributed by atoms with Crippen molar-refractivity contribution in [2.75, 3.05) is 14.1 Å². The van der Waals surface area contributed by atoms with Crippen LogP contribution in [0.25, 0.3) is 0 Å². The van der Waals surface area contributed by atoms with Gasteiger partial charge in [0.1, 0.15) is 0 Å². The summed E-state index contributed by atoms with van der Waals surface area (Å²) < 4.78 is 0. The van der Waals surface area contributed by atoms with Gasteiger partial charge >= 0.3 is 33.7 Å². The first kappa shape index (κ1) is 16.4. The molecule has 0 aromatic carbocycles. The Morgan fingerprint density at radius 3 is 2.20 bits per heavy atom. The molecule has 0 bridgehead atoms. The molecule has 0 saturated carbocycles. The molecule has 0 atom stereocenters. The van der Waals surface area contributed by atoms with E-state index in [9.17, 15) is 9.90 Å². The second kappa shape index (κ2) is 7.31. The number of carbonyl (C=O) groups excluding carboxylic acids is 2. The molecule has 0 N–H and O–H groups in total. The molecule has 1 aliphatic rings. The maximum Gasteiger partial charge on any atom is 1.00 e. The Hall–Kier alpha value is -1.00. The molecule has 0 saturated heterocycles. The zero-order valence-corrected chi connectivity index (χ0v) is 14.3. The number of aliphatic carboxylic acids is 1. The molecule has 78 valence electrons. The number of hydrogen-bond donors (Lipinski definition) is 0. The fourth-order valence-electron chi connectivity index (χ4n) is 0.628. The molecule has 0 aromatic heterocycles. The second-order valence-corrected chi connectivity index (χ2v) is 2.52. The minimum atomic E-state index is -1.08. The monoisotopic (exact) mass is 400 g/mol. The van der Waals surface area contributed by atoms with Gasteiger partial charge in [0, 0.05) is 20.1 Å². The summed E-state index contributed by atoms with van der Waals surface area (Å²) in [5.74, 6) is -1.48. The molecule has 1 heterocycles. The molecule has 15 heavy (non-hydrogen) atoms. The fraction of sp³-hybridized carbons (Fsp3) is 0.375. The summed E-state index contributed by atoms with van der Waals surface area (Å²) in [5.41, 5.74) is 2.38. The van der Waals surface area contributed by atoms with Crippen molar-refractivity contribution in [1.82, 2.24) is 9.80 Å². The molecule has 0 spiro atoms. The molecule has 1 rings (SSSR count). The van der Waals surface area contributed by atoms with E-state index in [0.29, 0.717) is 0 Å². The maximum atomic E-state index is 10.9. The third kappa shape index (κ3) is 6.14. The molecule has 0 unspecified atom stereocenters. The van der Waals surface area contributed by atoms with Gasteiger partial charge in [0.05, 0.1) is 6.20 Å². The van der Waals surface area contributed by atoms with Crippen molar-refractivity contribution < 1.29 is 47.5 Å². The number of hydrogen-bond acceptors (Lipinski definition) is 3. The van der Waals surface area contributed by atoms with E-state index < -0.39 is 11.9 Å². The average molecular weight is 399 g/mol. The molecular weight excluding hydrogens is 389 g/mol. The van der Waals surface area contributed by atoms with Crippen LogP contribution < -0.4 is 5.11 Å². The SMILES string of the molecule is CC(=O)[O-].CN1C=C=C([O])N(C)C1=O.[Hg+]. The predicted octanol–water partition coefficient (Wildman–Crippen LogP) is -0.878. The molecule has 0 fully saturated rings. The van der Waals surface area contributed by atoms with Gasteiger partial charge in [-0.25, -0.2) is 4.79 Å². The molecule has 6 nitrogen and oxygen atoms in total. The van der Waals surface area contributed by atoms with E-state index in [1.807, 2.05) is 0 Å². The molecule has 1 aliphatic heterocycles. The van der Waals surface area contributed by atoms with Crippen LogP contribution in [0.4, 0.5) is 4.79 Å². The van der Waals surface area contributed by atoms with Gasteiger partial charge in [0.25, 0.3) is 5.88 Å². The van der Waals surface area contributed by atoms with Crippen molar-refractivity contribution in [3.05, 3.63) is 17.8 Å². The average Bonchev–Trinajstić information content (AvgIpc) is 2.07. The number of amides is 2. The Bertz CT molecular complexity index is 304. The van der Waals surface area contributed by atoms with Gasteiger partial charge in [-0.3, -0.25) is 14.9 Å². The number of urea groups is 1. The summed E-state index contributed by atoms with van der Waals surface area (Å²) in [6, 6.07) is -0.330. The number of rotatable bonds is 0. The Balaban J connectivity index is 0. The zero-order chi connectivity index (χ0) is 11.3. The molecule has 2 amide bonds. The van der Waals surface area contributed by atoms with Gasteiger partial charge in [0.2, 0.25) is 0 Å². The predicted molar refractivity (Wildman–Crippen MR) is 43.9 cm³/mol. The van der Waals surface area contributed by atoms with Crippen LogP contribution in [0.1, 0.15) is 6.92 Å². The Morgan fingerprint density at radius 1 is 1.47 bits per heavy atom. The Labute approximate surface area is 108 Å². The summed E-state index contributed by atoms with van der Waals surface area (Å²) in [7, 11) is 2.99. The summed E-state index contributed by atoms with van der Waals surface area (Å²) in [6.45, 7) is 0.972. The van der Waals surface area contributed by atoms with E-state index >= 15 is 0 Å². The summed E-state index contributed by atoms with van der Waals surface area (Å²) in [5, 5.41) is 19.6. The van der Waals surface area contributed by atoms with Gasteiger partial charge < -0.3 is 9.90 Å². The quantitative estimate of drug-likeness (QED) is 0.392. The van der Waals surface area contributed by atoms with Gasteiger partial charge in [0.15, 0.2) is 0 Å². The van der Waals surface area contributed by atoms with Crippen LogP contribution >= 0.6 is 0 Å². The van der Waals surface area contributed by atoms with Gasteiger partial charge in [-0.05, 0) is 12.7 Å². The third-order valence-corrected chi connectivity index (χ3v) is 1.27. The standard InChI is InChI=1S/C6H7N2O2.C2H4O2.Hg/c1-7-4-3-5(9)8(2)6(7)10;1-2(3)4;/h4H,1-2H3;1H3,(H,3,4);/q;;+1/p-1. The van der Waals surface area contributed by atoms with Crippen molar-refractivity contribution in [3.63, 3.8) is 0 Å². The Morgan fingerprint density at radius 2 is 1.87 bits per heavy atom. The smallest absolute Gasteiger partial charge is 0.550 e. The number of carboxylic acid groups (broad SMARTS) is 1. The van der Waals surface area contributed by atoms with E-state index in [0.717, 1.165) is 11.8 Å². The van der Waals surface area contributed by atoms with E-state index in [1.165, 1.54) is 18.1 Å². The van der Waals surface area contributed by atoms with Crippen LogP contribution in [-0.4, -0.2) is 35.9 Å². The number of carboxylic acids is 1. The van der Waals surface area contributed by atoms with Gasteiger partial charge in [-0.15, -0.1) is 0 Å². The molecule has 0 aliphatic carbocycles. The van der Waals surface area contributed by atoms with E-state index in [1.54, 1.807) is 7.05 Å². The van der Waals surface area contributed by atoms with Crippen LogP contribution in [0.2, 0.25) is 0 Å². The molecular formula is C8H10HgN2O4. The molecule has 7 heteroatoms. The summed E-state index contributed by atoms with van der Waals surface area (Å²) >= 11 is 0. The fourth-order valence-corrected chi connectivity index (χ4v) is 0.628. The minimum absolute atomic E-state index is 0. The third-order valence-electron chi connectivity index (χ3n) is 1.27. The molecule has 2 radical (unpaired) electrons. The van der Waals surface area contributed by atoms with Crippen molar-refractivity contribution >= 4 is 12.0 Å². The van der Waals surface area contributed by atoms with Crippen LogP contribution in [0.3, 0.4) is 0 Å². The van der Waals surface area contributed by atoms with Crippen molar-refractivity contribution in [2.24, 2.45) is 0 Å². The number of nitrogens with zero attached hydrogens (tertiary/aromatic N) is 2. The first-order valence-corrected chi connectivity index (χ1v) is 3.68. The maximum absolute atomic E-state index is 10.9. The van der Waals surface area contributed by atoms with Crippen LogP contribution in [0.15, 0.2) is 17.8 Å². The summed E-state index contributed by atoms with van der Waals surface area (Å²) in [4.78, 5) is 22.1. The van der Waals surface area contributed by atoms with Gasteiger partial charge in [-0.1, -0.05) is 0 Å². The van der Waals surface area contributed by atoms with Gasteiger partial charge in [-0.2, -0.15) is 0 Å². The zero-order valence-electron chi connectivity index (χ0n) is 8.81. The molecule has 0 aromatic rings. The van der Waals surface area contributed by atoms with Crippen molar-refractivity contribution in [1.29, 1.82) is 0 Å². The topological polar surface area (TPSA) is 83.6 Å². The first-order valence-electron chi connectivity index (χ1n) is 3.68. The first-order chi connectivity index (χ1) is 6.36. The normalized spacial score (nSPS) is 13.5. The minimum Gasteiger partial charge on any atom is -0.550 e. The second-order valence-electron chi connectivity index (χ2n) is 2.52. The van der Waals surface area contributed by atoms with Crippen LogP contribution in [0, 0.1) is 0 Å². The van der Waals surface area contributed by atoms with E-state index in [2.05, 4.69) is 5.73 Å². The van der Waals surface area contributed by atoms with Crippen molar-refractivity contribution in [3.8, 4) is 0 Å². The van der Waals surface area contributed by atoms with E-state index in [4.69, 9.17) is 9.90 Å². The number of carbonyl (C=O) groups is 2. The summed E-state index contributed by atoms with van der Waals surface area (Å²) in [6.07, 6.45) is 1.32. The Kier molecular flexibility index (Phi) is 8.00.